The van der Waals surface area contributed by atoms with E-state index in [0.717, 1.165) is 12.8 Å². The van der Waals surface area contributed by atoms with Gasteiger partial charge >= 0.3 is 0 Å². The minimum atomic E-state index is 1.12. The minimum absolute atomic E-state index is 1.12. The van der Waals surface area contributed by atoms with Crippen LogP contribution in [-0.4, -0.2) is 0 Å². The van der Waals surface area contributed by atoms with Crippen molar-refractivity contribution in [2.75, 3.05) is 0 Å². The van der Waals surface area contributed by atoms with E-state index in [1.807, 2.05) is 0 Å². The zero-order valence-corrected chi connectivity index (χ0v) is 15.2. The van der Waals surface area contributed by atoms with Crippen LogP contribution >= 0.6 is 0 Å². The lowest BCUT2D eigenvalue weighted by molar-refractivity contribution is 0.772. The largest absolute Gasteiger partial charge is 0.0845 e. The molecular formula is C20H38. The summed E-state index contributed by atoms with van der Waals surface area (Å²) >= 11 is 0. The third-order valence-corrected chi connectivity index (χ3v) is 3.32. The average molecular weight is 279 g/mol. The van der Waals surface area contributed by atoms with Crippen molar-refractivity contribution in [2.24, 2.45) is 0 Å². The van der Waals surface area contributed by atoms with Gasteiger partial charge in [-0.1, -0.05) is 89.7 Å². The van der Waals surface area contributed by atoms with Crippen molar-refractivity contribution >= 4 is 0 Å². The lowest BCUT2D eigenvalue weighted by atomic mass is 10.0. The second-order valence-electron chi connectivity index (χ2n) is 5.46. The van der Waals surface area contributed by atoms with Crippen LogP contribution in [0.25, 0.3) is 0 Å². The summed E-state index contributed by atoms with van der Waals surface area (Å²) < 4.78 is 0. The Bertz CT molecular complexity index is 287. The van der Waals surface area contributed by atoms with E-state index in [2.05, 4.69) is 66.7 Å². The number of unbranched alkanes of at least 4 members (excludes halogenated alkanes) is 2. The van der Waals surface area contributed by atoms with E-state index in [-0.39, 0.29) is 0 Å². The Kier molecular flexibility index (Phi) is 17.5. The van der Waals surface area contributed by atoms with Crippen LogP contribution in [0, 0.1) is 0 Å². The molecule has 0 rings (SSSR count). The van der Waals surface area contributed by atoms with Gasteiger partial charge in [-0.05, 0) is 38.7 Å². The van der Waals surface area contributed by atoms with Crippen molar-refractivity contribution in [3.05, 3.63) is 34.9 Å². The van der Waals surface area contributed by atoms with Crippen LogP contribution in [0.2, 0.25) is 0 Å². The molecule has 0 aliphatic rings. The summed E-state index contributed by atoms with van der Waals surface area (Å²) in [6, 6.07) is 0. The monoisotopic (exact) mass is 278 g/mol. The molecule has 0 fully saturated rings. The molecule has 0 aliphatic heterocycles. The van der Waals surface area contributed by atoms with Gasteiger partial charge in [-0.3, -0.25) is 0 Å². The van der Waals surface area contributed by atoms with E-state index in [0.29, 0.717) is 0 Å². The molecule has 20 heavy (non-hydrogen) atoms. The molecule has 0 saturated heterocycles. The topological polar surface area (TPSA) is 0 Å². The first-order chi connectivity index (χ1) is 9.56. The van der Waals surface area contributed by atoms with E-state index in [4.69, 9.17) is 0 Å². The summed E-state index contributed by atoms with van der Waals surface area (Å²) in [5.74, 6) is 0. The predicted molar refractivity (Wildman–Crippen MR) is 96.3 cm³/mol. The van der Waals surface area contributed by atoms with Gasteiger partial charge in [0, 0.05) is 0 Å². The summed E-state index contributed by atoms with van der Waals surface area (Å²) in [6.45, 7) is 15.5. The molecule has 0 bridgehead atoms. The highest BCUT2D eigenvalue weighted by atomic mass is 14.0. The maximum absolute atomic E-state index is 2.34. The van der Waals surface area contributed by atoms with Gasteiger partial charge < -0.3 is 0 Å². The number of allylic oxidation sites excluding steroid dienone is 6. The third kappa shape index (κ3) is 13.6. The normalized spacial score (nSPS) is 13.1. The zero-order chi connectivity index (χ0) is 15.8. The maximum atomic E-state index is 2.34. The molecule has 0 aromatic rings. The van der Waals surface area contributed by atoms with Gasteiger partial charge in [0.05, 0.1) is 0 Å². The van der Waals surface area contributed by atoms with Gasteiger partial charge in [0.2, 0.25) is 0 Å². The summed E-state index contributed by atoms with van der Waals surface area (Å²) in [7, 11) is 0. The van der Waals surface area contributed by atoms with Crippen LogP contribution in [0.1, 0.15) is 93.4 Å². The van der Waals surface area contributed by atoms with Gasteiger partial charge in [0.15, 0.2) is 0 Å². The van der Waals surface area contributed by atoms with Gasteiger partial charge in [-0.15, -0.1) is 0 Å². The molecule has 0 spiro atoms. The SMILES string of the molecule is CCCCC.CC\C=C/C(C)=C\C(CCC)=C(/C)CC. The molecule has 0 aliphatic carbocycles. The standard InChI is InChI=1S/C15H26.C5H12/c1-6-9-11-13(4)12-15(10-7-2)14(5)8-3;1-3-5-4-2/h9,11-12H,6-8,10H2,1-5H3;3-5H2,1-2H3/b11-9-,13-12-,15-14+;. The molecular weight excluding hydrogens is 240 g/mol. The average Bonchev–Trinajstić information content (AvgIpc) is 2.45. The Morgan fingerprint density at radius 2 is 1.45 bits per heavy atom. The summed E-state index contributed by atoms with van der Waals surface area (Å²) in [4.78, 5) is 0. The maximum Gasteiger partial charge on any atom is -0.0282 e. The molecule has 0 radical (unpaired) electrons. The molecule has 0 aromatic carbocycles. The van der Waals surface area contributed by atoms with Crippen molar-refractivity contribution in [1.29, 1.82) is 0 Å². The first kappa shape index (κ1) is 21.5. The molecule has 0 saturated carbocycles. The highest BCUT2D eigenvalue weighted by Crippen LogP contribution is 2.17. The molecule has 0 heteroatoms. The Labute approximate surface area is 129 Å². The molecule has 118 valence electrons. The molecule has 0 atom stereocenters. The van der Waals surface area contributed by atoms with Crippen molar-refractivity contribution in [2.45, 2.75) is 93.4 Å². The number of rotatable bonds is 8. The van der Waals surface area contributed by atoms with Crippen molar-refractivity contribution in [3.8, 4) is 0 Å². The fraction of sp³-hybridized carbons (Fsp3) is 0.700. The van der Waals surface area contributed by atoms with Crippen molar-refractivity contribution in [3.63, 3.8) is 0 Å². The second-order valence-corrected chi connectivity index (χ2v) is 5.46. The van der Waals surface area contributed by atoms with E-state index in [1.54, 1.807) is 0 Å². The van der Waals surface area contributed by atoms with Gasteiger partial charge in [-0.2, -0.15) is 0 Å². The van der Waals surface area contributed by atoms with Gasteiger partial charge in [0.1, 0.15) is 0 Å². The van der Waals surface area contributed by atoms with Gasteiger partial charge in [-0.25, -0.2) is 0 Å². The smallest absolute Gasteiger partial charge is 0.0282 e. The summed E-state index contributed by atoms with van der Waals surface area (Å²) in [5.41, 5.74) is 4.42. The molecule has 0 unspecified atom stereocenters. The Hall–Kier alpha value is -0.780. The van der Waals surface area contributed by atoms with Crippen LogP contribution in [0.15, 0.2) is 34.9 Å². The Morgan fingerprint density at radius 1 is 0.850 bits per heavy atom. The first-order valence-electron chi connectivity index (χ1n) is 8.60. The van der Waals surface area contributed by atoms with E-state index >= 15 is 0 Å². The van der Waals surface area contributed by atoms with Crippen LogP contribution in [0.3, 0.4) is 0 Å². The number of hydrogen-bond acceptors (Lipinski definition) is 0. The minimum Gasteiger partial charge on any atom is -0.0845 e. The Balaban J connectivity index is 0. The molecule has 0 aromatic heterocycles. The summed E-state index contributed by atoms with van der Waals surface area (Å²) in [5, 5.41) is 0. The Morgan fingerprint density at radius 3 is 1.80 bits per heavy atom. The first-order valence-corrected chi connectivity index (χ1v) is 8.60. The van der Waals surface area contributed by atoms with Crippen LogP contribution in [0.4, 0.5) is 0 Å². The number of hydrogen-bond donors (Lipinski definition) is 0. The van der Waals surface area contributed by atoms with E-state index in [1.165, 1.54) is 48.8 Å². The summed E-state index contributed by atoms with van der Waals surface area (Å²) in [6.07, 6.45) is 15.6. The fourth-order valence-corrected chi connectivity index (χ4v) is 1.89. The van der Waals surface area contributed by atoms with Crippen LogP contribution < -0.4 is 0 Å². The van der Waals surface area contributed by atoms with E-state index in [9.17, 15) is 0 Å². The lowest BCUT2D eigenvalue weighted by Gasteiger charge is -2.06. The van der Waals surface area contributed by atoms with Crippen molar-refractivity contribution in [1.82, 2.24) is 0 Å². The van der Waals surface area contributed by atoms with Crippen molar-refractivity contribution < 1.29 is 0 Å². The lowest BCUT2D eigenvalue weighted by Crippen LogP contribution is -1.86. The van der Waals surface area contributed by atoms with Crippen LogP contribution in [0.5, 0.6) is 0 Å². The molecule has 0 N–H and O–H groups in total. The highest BCUT2D eigenvalue weighted by molar-refractivity contribution is 5.31. The van der Waals surface area contributed by atoms with E-state index < -0.39 is 0 Å². The van der Waals surface area contributed by atoms with Crippen LogP contribution in [-0.2, 0) is 0 Å². The predicted octanol–water partition coefficient (Wildman–Crippen LogP) is 7.62. The quantitative estimate of drug-likeness (QED) is 0.400. The fourth-order valence-electron chi connectivity index (χ4n) is 1.89. The molecule has 0 amide bonds. The molecule has 0 nitrogen and oxygen atoms in total. The second kappa shape index (κ2) is 16.3. The molecule has 0 heterocycles. The zero-order valence-electron chi connectivity index (χ0n) is 15.2. The highest BCUT2D eigenvalue weighted by Gasteiger charge is 1.97. The van der Waals surface area contributed by atoms with Gasteiger partial charge in [0.25, 0.3) is 0 Å². The third-order valence-electron chi connectivity index (χ3n) is 3.32.